The number of aromatic hydroxyl groups is 1. The summed E-state index contributed by atoms with van der Waals surface area (Å²) in [4.78, 5) is 14.1. The number of aliphatic hydroxyl groups excluding tert-OH is 1. The maximum Gasteiger partial charge on any atom is 0.254 e. The number of nitrogens with zero attached hydrogens (tertiary/aromatic N) is 1. The van der Waals surface area contributed by atoms with Gasteiger partial charge in [-0.15, -0.1) is 0 Å². The fraction of sp³-hybridized carbons (Fsp3) is 0.500. The van der Waals surface area contributed by atoms with E-state index in [2.05, 4.69) is 0 Å². The van der Waals surface area contributed by atoms with Crippen LogP contribution in [0.2, 0.25) is 0 Å². The molecule has 1 aromatic carbocycles. The van der Waals surface area contributed by atoms with E-state index < -0.39 is 0 Å². The third-order valence-corrected chi connectivity index (χ3v) is 4.20. The molecule has 1 heterocycles. The molecule has 1 saturated heterocycles. The van der Waals surface area contributed by atoms with E-state index in [9.17, 15) is 15.0 Å². The lowest BCUT2D eigenvalue weighted by molar-refractivity contribution is 0.0752. The van der Waals surface area contributed by atoms with Crippen molar-refractivity contribution in [1.29, 1.82) is 0 Å². The first-order valence-corrected chi connectivity index (χ1v) is 6.41. The van der Waals surface area contributed by atoms with Crippen LogP contribution in [0.25, 0.3) is 0 Å². The monoisotopic (exact) mass is 247 g/mol. The van der Waals surface area contributed by atoms with E-state index in [1.54, 1.807) is 23.1 Å². The summed E-state index contributed by atoms with van der Waals surface area (Å²) in [5, 5.41) is 19.2. The standard InChI is InChI=1S/C14H17NO3/c16-11-3-1-2-9(6-11)14(18)15-7-10-4-5-13(17)12(10)8-15/h1-3,6,10,12-13,16-17H,4-5,7-8H2. The first-order valence-electron chi connectivity index (χ1n) is 6.41. The molecule has 4 nitrogen and oxygen atoms in total. The van der Waals surface area contributed by atoms with Crippen LogP contribution in [0.4, 0.5) is 0 Å². The minimum Gasteiger partial charge on any atom is -0.508 e. The molecule has 1 amide bonds. The number of amides is 1. The Bertz CT molecular complexity index is 474. The summed E-state index contributed by atoms with van der Waals surface area (Å²) in [5.74, 6) is 0.750. The quantitative estimate of drug-likeness (QED) is 0.784. The lowest BCUT2D eigenvalue weighted by Gasteiger charge is -2.18. The third-order valence-electron chi connectivity index (χ3n) is 4.20. The SMILES string of the molecule is O=C(c1cccc(O)c1)N1CC2CCC(O)C2C1. The Labute approximate surface area is 106 Å². The van der Waals surface area contributed by atoms with Crippen molar-refractivity contribution in [2.45, 2.75) is 18.9 Å². The molecule has 0 radical (unpaired) electrons. The third kappa shape index (κ3) is 1.86. The molecule has 1 aliphatic heterocycles. The van der Waals surface area contributed by atoms with Gasteiger partial charge >= 0.3 is 0 Å². The van der Waals surface area contributed by atoms with Crippen molar-refractivity contribution in [2.24, 2.45) is 11.8 Å². The minimum atomic E-state index is -0.253. The molecule has 2 aliphatic rings. The molecule has 3 atom stereocenters. The van der Waals surface area contributed by atoms with Gasteiger partial charge in [-0.3, -0.25) is 4.79 Å². The first kappa shape index (κ1) is 11.5. The van der Waals surface area contributed by atoms with E-state index in [1.165, 1.54) is 6.07 Å². The average Bonchev–Trinajstić information content (AvgIpc) is 2.91. The molecule has 0 bridgehead atoms. The number of carbonyl (C=O) groups is 1. The van der Waals surface area contributed by atoms with Crippen molar-refractivity contribution in [3.63, 3.8) is 0 Å². The molecule has 2 fully saturated rings. The van der Waals surface area contributed by atoms with Gasteiger partial charge in [-0.25, -0.2) is 0 Å². The maximum atomic E-state index is 12.3. The van der Waals surface area contributed by atoms with Crippen molar-refractivity contribution >= 4 is 5.91 Å². The molecule has 3 rings (SSSR count). The van der Waals surface area contributed by atoms with Gasteiger partial charge in [0.05, 0.1) is 6.10 Å². The predicted octanol–water partition coefficient (Wildman–Crippen LogP) is 1.24. The Morgan fingerprint density at radius 3 is 2.83 bits per heavy atom. The predicted molar refractivity (Wildman–Crippen MR) is 66.2 cm³/mol. The van der Waals surface area contributed by atoms with Crippen LogP contribution in [0.5, 0.6) is 5.75 Å². The van der Waals surface area contributed by atoms with Crippen LogP contribution in [-0.4, -0.2) is 40.2 Å². The summed E-state index contributed by atoms with van der Waals surface area (Å²) in [6.07, 6.45) is 1.62. The molecule has 18 heavy (non-hydrogen) atoms. The van der Waals surface area contributed by atoms with Crippen molar-refractivity contribution in [2.75, 3.05) is 13.1 Å². The highest BCUT2D eigenvalue weighted by atomic mass is 16.3. The van der Waals surface area contributed by atoms with Gasteiger partial charge in [-0.1, -0.05) is 6.07 Å². The molecule has 2 N–H and O–H groups in total. The van der Waals surface area contributed by atoms with Gasteiger partial charge in [0.15, 0.2) is 0 Å². The fourth-order valence-electron chi connectivity index (χ4n) is 3.22. The lowest BCUT2D eigenvalue weighted by Crippen LogP contribution is -2.30. The number of aliphatic hydroxyl groups is 1. The van der Waals surface area contributed by atoms with E-state index in [1.807, 2.05) is 0 Å². The highest BCUT2D eigenvalue weighted by Gasteiger charge is 2.43. The minimum absolute atomic E-state index is 0.0486. The normalized spacial score (nSPS) is 30.5. The van der Waals surface area contributed by atoms with E-state index in [0.29, 0.717) is 18.0 Å². The van der Waals surface area contributed by atoms with Gasteiger partial charge in [0.1, 0.15) is 5.75 Å². The fourth-order valence-corrected chi connectivity index (χ4v) is 3.22. The number of phenolic OH excluding ortho intramolecular Hbond substituents is 1. The molecule has 3 unspecified atom stereocenters. The first-order chi connectivity index (χ1) is 8.65. The number of benzene rings is 1. The number of fused-ring (bicyclic) bond motifs is 1. The zero-order valence-corrected chi connectivity index (χ0v) is 10.1. The number of phenols is 1. The van der Waals surface area contributed by atoms with Crippen LogP contribution in [0.15, 0.2) is 24.3 Å². The van der Waals surface area contributed by atoms with E-state index in [-0.39, 0.29) is 23.7 Å². The second-order valence-corrected chi connectivity index (χ2v) is 5.33. The summed E-state index contributed by atoms with van der Waals surface area (Å²) in [6, 6.07) is 6.44. The van der Waals surface area contributed by atoms with Crippen molar-refractivity contribution in [1.82, 2.24) is 4.90 Å². The summed E-state index contributed by atoms with van der Waals surface area (Å²) in [5.41, 5.74) is 0.518. The van der Waals surface area contributed by atoms with Gasteiger partial charge in [0, 0.05) is 24.6 Å². The van der Waals surface area contributed by atoms with Gasteiger partial charge in [-0.2, -0.15) is 0 Å². The number of hydrogen-bond donors (Lipinski definition) is 2. The Balaban J connectivity index is 1.75. The number of carbonyl (C=O) groups excluding carboxylic acids is 1. The van der Waals surface area contributed by atoms with Crippen LogP contribution >= 0.6 is 0 Å². The summed E-state index contributed by atoms with van der Waals surface area (Å²) >= 11 is 0. The molecule has 1 aliphatic carbocycles. The number of rotatable bonds is 1. The van der Waals surface area contributed by atoms with E-state index >= 15 is 0 Å². The molecule has 1 aromatic rings. The van der Waals surface area contributed by atoms with Gasteiger partial charge < -0.3 is 15.1 Å². The van der Waals surface area contributed by atoms with Crippen molar-refractivity contribution < 1.29 is 15.0 Å². The van der Waals surface area contributed by atoms with Crippen molar-refractivity contribution in [3.05, 3.63) is 29.8 Å². The molecular formula is C14H17NO3. The topological polar surface area (TPSA) is 60.8 Å². The zero-order chi connectivity index (χ0) is 12.7. The lowest BCUT2D eigenvalue weighted by atomic mass is 10.00. The van der Waals surface area contributed by atoms with Gasteiger partial charge in [0.2, 0.25) is 0 Å². The summed E-state index contributed by atoms with van der Waals surface area (Å²) in [6.45, 7) is 1.37. The van der Waals surface area contributed by atoms with Crippen LogP contribution in [-0.2, 0) is 0 Å². The molecule has 96 valence electrons. The average molecular weight is 247 g/mol. The molecular weight excluding hydrogens is 230 g/mol. The van der Waals surface area contributed by atoms with Crippen LogP contribution < -0.4 is 0 Å². The highest BCUT2D eigenvalue weighted by molar-refractivity contribution is 5.94. The maximum absolute atomic E-state index is 12.3. The Morgan fingerprint density at radius 2 is 2.11 bits per heavy atom. The summed E-state index contributed by atoms with van der Waals surface area (Å²) in [7, 11) is 0. The molecule has 4 heteroatoms. The highest BCUT2D eigenvalue weighted by Crippen LogP contribution is 2.38. The zero-order valence-electron chi connectivity index (χ0n) is 10.1. The van der Waals surface area contributed by atoms with Crippen LogP contribution in [0, 0.1) is 11.8 Å². The molecule has 0 aromatic heterocycles. The Kier molecular flexibility index (Phi) is 2.74. The van der Waals surface area contributed by atoms with Crippen molar-refractivity contribution in [3.8, 4) is 5.75 Å². The number of hydrogen-bond acceptors (Lipinski definition) is 3. The van der Waals surface area contributed by atoms with Gasteiger partial charge in [0.25, 0.3) is 5.91 Å². The van der Waals surface area contributed by atoms with E-state index in [4.69, 9.17) is 0 Å². The van der Waals surface area contributed by atoms with Crippen LogP contribution in [0.1, 0.15) is 23.2 Å². The Hall–Kier alpha value is -1.55. The number of likely N-dealkylation sites (tertiary alicyclic amines) is 1. The van der Waals surface area contributed by atoms with Gasteiger partial charge in [-0.05, 0) is 37.0 Å². The Morgan fingerprint density at radius 1 is 1.28 bits per heavy atom. The summed E-state index contributed by atoms with van der Waals surface area (Å²) < 4.78 is 0. The second-order valence-electron chi connectivity index (χ2n) is 5.33. The smallest absolute Gasteiger partial charge is 0.254 e. The second kappa shape index (κ2) is 4.28. The molecule has 1 saturated carbocycles. The van der Waals surface area contributed by atoms with E-state index in [0.717, 1.165) is 19.4 Å². The largest absolute Gasteiger partial charge is 0.508 e. The molecule has 0 spiro atoms. The van der Waals surface area contributed by atoms with Crippen LogP contribution in [0.3, 0.4) is 0 Å².